The Labute approximate surface area is 121 Å². The van der Waals surface area contributed by atoms with Crippen molar-refractivity contribution in [2.45, 2.75) is 18.9 Å². The number of hydrogen-bond donors (Lipinski definition) is 3. The predicted molar refractivity (Wildman–Crippen MR) is 75.3 cm³/mol. The molecule has 112 valence electrons. The highest BCUT2D eigenvalue weighted by Crippen LogP contribution is 2.11. The van der Waals surface area contributed by atoms with Crippen molar-refractivity contribution in [2.24, 2.45) is 0 Å². The maximum absolute atomic E-state index is 11.8. The summed E-state index contributed by atoms with van der Waals surface area (Å²) in [7, 11) is 0. The topological polar surface area (TPSA) is 111 Å². The molecule has 1 atom stereocenters. The normalized spacial score (nSPS) is 17.2. The summed E-state index contributed by atoms with van der Waals surface area (Å²) in [5.41, 5.74) is 6.01. The summed E-state index contributed by atoms with van der Waals surface area (Å²) < 4.78 is 5.32. The quantitative estimate of drug-likeness (QED) is 0.528. The number of amides is 3. The van der Waals surface area contributed by atoms with Crippen molar-refractivity contribution in [3.05, 3.63) is 29.8 Å². The van der Waals surface area contributed by atoms with Crippen molar-refractivity contribution in [3.8, 4) is 0 Å². The molecule has 7 nitrogen and oxygen atoms in total. The van der Waals surface area contributed by atoms with Crippen LogP contribution in [0.5, 0.6) is 0 Å². The maximum Gasteiger partial charge on any atom is 0.316 e. The van der Waals surface area contributed by atoms with E-state index in [1.54, 1.807) is 12.1 Å². The average molecular weight is 291 g/mol. The minimum atomic E-state index is -1.01. The Hall–Kier alpha value is -2.41. The lowest BCUT2D eigenvalue weighted by Crippen LogP contribution is -2.44. The van der Waals surface area contributed by atoms with Crippen LogP contribution >= 0.6 is 0 Å². The lowest BCUT2D eigenvalue weighted by Gasteiger charge is -2.10. The number of carbonyl (C=O) groups is 3. The van der Waals surface area contributed by atoms with Gasteiger partial charge < -0.3 is 15.8 Å². The molecular weight excluding hydrogens is 274 g/mol. The zero-order valence-electron chi connectivity index (χ0n) is 11.4. The molecular formula is C14H17N3O4. The second-order valence-electron chi connectivity index (χ2n) is 4.72. The number of para-hydroxylation sites is 1. The first-order chi connectivity index (χ1) is 10.1. The van der Waals surface area contributed by atoms with E-state index in [2.05, 4.69) is 5.32 Å². The van der Waals surface area contributed by atoms with Crippen molar-refractivity contribution in [2.75, 3.05) is 18.9 Å². The molecule has 1 fully saturated rings. The molecule has 0 saturated carbocycles. The third kappa shape index (κ3) is 4.03. The van der Waals surface area contributed by atoms with Gasteiger partial charge in [-0.05, 0) is 25.0 Å². The first-order valence-electron chi connectivity index (χ1n) is 6.67. The van der Waals surface area contributed by atoms with Crippen molar-refractivity contribution >= 4 is 23.4 Å². The van der Waals surface area contributed by atoms with Crippen LogP contribution in [0.25, 0.3) is 0 Å². The van der Waals surface area contributed by atoms with Crippen LogP contribution in [0.1, 0.15) is 23.2 Å². The fraction of sp³-hybridized carbons (Fsp3) is 0.357. The molecule has 0 aromatic heterocycles. The van der Waals surface area contributed by atoms with E-state index in [1.165, 1.54) is 12.1 Å². The molecule has 2 rings (SSSR count). The SMILES string of the molecule is Nc1ccccc1C(=O)NC(=O)C(=O)NCC1CCCO1. The zero-order valence-corrected chi connectivity index (χ0v) is 11.4. The zero-order chi connectivity index (χ0) is 15.2. The van der Waals surface area contributed by atoms with E-state index >= 15 is 0 Å². The molecule has 7 heteroatoms. The number of nitrogen functional groups attached to an aromatic ring is 1. The fourth-order valence-electron chi connectivity index (χ4n) is 2.02. The molecule has 21 heavy (non-hydrogen) atoms. The number of hydrogen-bond acceptors (Lipinski definition) is 5. The Morgan fingerprint density at radius 2 is 2.00 bits per heavy atom. The van der Waals surface area contributed by atoms with Gasteiger partial charge in [-0.1, -0.05) is 12.1 Å². The van der Waals surface area contributed by atoms with Gasteiger partial charge in [0, 0.05) is 18.8 Å². The Balaban J connectivity index is 1.84. The van der Waals surface area contributed by atoms with Gasteiger partial charge >= 0.3 is 11.8 Å². The molecule has 0 radical (unpaired) electrons. The summed E-state index contributed by atoms with van der Waals surface area (Å²) >= 11 is 0. The summed E-state index contributed by atoms with van der Waals surface area (Å²) in [4.78, 5) is 35.0. The highest BCUT2D eigenvalue weighted by molar-refractivity contribution is 6.38. The molecule has 1 aliphatic rings. The monoisotopic (exact) mass is 291 g/mol. The van der Waals surface area contributed by atoms with Gasteiger partial charge in [0.05, 0.1) is 11.7 Å². The fourth-order valence-corrected chi connectivity index (χ4v) is 2.02. The molecule has 1 heterocycles. The number of nitrogens with one attached hydrogen (secondary N) is 2. The van der Waals surface area contributed by atoms with Crippen LogP contribution in [0.2, 0.25) is 0 Å². The molecule has 1 aromatic rings. The van der Waals surface area contributed by atoms with Gasteiger partial charge in [-0.25, -0.2) is 0 Å². The van der Waals surface area contributed by atoms with E-state index < -0.39 is 17.7 Å². The third-order valence-corrected chi connectivity index (χ3v) is 3.15. The van der Waals surface area contributed by atoms with E-state index in [9.17, 15) is 14.4 Å². The van der Waals surface area contributed by atoms with Crippen molar-refractivity contribution < 1.29 is 19.1 Å². The molecule has 1 unspecified atom stereocenters. The second-order valence-corrected chi connectivity index (χ2v) is 4.72. The average Bonchev–Trinajstić information content (AvgIpc) is 2.98. The van der Waals surface area contributed by atoms with E-state index in [4.69, 9.17) is 10.5 Å². The lowest BCUT2D eigenvalue weighted by atomic mass is 10.1. The van der Waals surface area contributed by atoms with Crippen LogP contribution in [0.15, 0.2) is 24.3 Å². The summed E-state index contributed by atoms with van der Waals surface area (Å²) in [5.74, 6) is -2.58. The Morgan fingerprint density at radius 1 is 1.24 bits per heavy atom. The van der Waals surface area contributed by atoms with E-state index in [1.807, 2.05) is 5.32 Å². The van der Waals surface area contributed by atoms with E-state index in [0.29, 0.717) is 6.61 Å². The molecule has 1 saturated heterocycles. The number of anilines is 1. The molecule has 1 aliphatic heterocycles. The molecule has 1 aromatic carbocycles. The van der Waals surface area contributed by atoms with Crippen LogP contribution in [0.3, 0.4) is 0 Å². The number of nitrogens with two attached hydrogens (primary N) is 1. The third-order valence-electron chi connectivity index (χ3n) is 3.15. The molecule has 0 aliphatic carbocycles. The van der Waals surface area contributed by atoms with E-state index in [0.717, 1.165) is 12.8 Å². The standard InChI is InChI=1S/C14H17N3O4/c15-11-6-2-1-5-10(11)12(18)17-14(20)13(19)16-8-9-4-3-7-21-9/h1-2,5-6,9H,3-4,7-8,15H2,(H,16,19)(H,17,18,20). The molecule has 4 N–H and O–H groups in total. The highest BCUT2D eigenvalue weighted by atomic mass is 16.5. The Kier molecular flexibility index (Phi) is 4.89. The minimum absolute atomic E-state index is 0.0674. The summed E-state index contributed by atoms with van der Waals surface area (Å²) in [6, 6.07) is 6.30. The Bertz CT molecular complexity index is 553. The summed E-state index contributed by atoms with van der Waals surface area (Å²) in [6.07, 6.45) is 1.72. The highest BCUT2D eigenvalue weighted by Gasteiger charge is 2.21. The number of carbonyl (C=O) groups excluding carboxylic acids is 3. The lowest BCUT2D eigenvalue weighted by molar-refractivity contribution is -0.138. The van der Waals surface area contributed by atoms with Gasteiger partial charge in [0.1, 0.15) is 0 Å². The maximum atomic E-state index is 11.8. The van der Waals surface area contributed by atoms with E-state index in [-0.39, 0.29) is 23.9 Å². The summed E-state index contributed by atoms with van der Waals surface area (Å²) in [5, 5.41) is 4.44. The van der Waals surface area contributed by atoms with Gasteiger partial charge in [-0.15, -0.1) is 0 Å². The van der Waals surface area contributed by atoms with Gasteiger partial charge in [0.15, 0.2) is 0 Å². The molecule has 0 spiro atoms. The van der Waals surface area contributed by atoms with Crippen LogP contribution in [-0.2, 0) is 14.3 Å². The number of benzene rings is 1. The number of rotatable bonds is 3. The predicted octanol–water partition coefficient (Wildman–Crippen LogP) is -0.180. The van der Waals surface area contributed by atoms with Gasteiger partial charge in [-0.2, -0.15) is 0 Å². The van der Waals surface area contributed by atoms with Gasteiger partial charge in [0.2, 0.25) is 0 Å². The minimum Gasteiger partial charge on any atom is -0.398 e. The van der Waals surface area contributed by atoms with Crippen LogP contribution < -0.4 is 16.4 Å². The van der Waals surface area contributed by atoms with Gasteiger partial charge in [-0.3, -0.25) is 19.7 Å². The summed E-state index contributed by atoms with van der Waals surface area (Å²) in [6.45, 7) is 0.923. The Morgan fingerprint density at radius 3 is 2.67 bits per heavy atom. The number of ether oxygens (including phenoxy) is 1. The largest absolute Gasteiger partial charge is 0.398 e. The van der Waals surface area contributed by atoms with Gasteiger partial charge in [0.25, 0.3) is 5.91 Å². The van der Waals surface area contributed by atoms with Crippen molar-refractivity contribution in [1.29, 1.82) is 0 Å². The first kappa shape index (κ1) is 15.0. The van der Waals surface area contributed by atoms with Crippen molar-refractivity contribution in [3.63, 3.8) is 0 Å². The van der Waals surface area contributed by atoms with Crippen LogP contribution in [0, 0.1) is 0 Å². The number of imide groups is 1. The smallest absolute Gasteiger partial charge is 0.316 e. The first-order valence-corrected chi connectivity index (χ1v) is 6.67. The second kappa shape index (κ2) is 6.85. The molecule has 0 bridgehead atoms. The molecule has 3 amide bonds. The van der Waals surface area contributed by atoms with Crippen LogP contribution in [0.4, 0.5) is 5.69 Å². The van der Waals surface area contributed by atoms with Crippen LogP contribution in [-0.4, -0.2) is 37.0 Å². The van der Waals surface area contributed by atoms with Crippen molar-refractivity contribution in [1.82, 2.24) is 10.6 Å².